The maximum Gasteiger partial charge on any atom is 0.280 e. The first-order valence-corrected chi connectivity index (χ1v) is 10.0. The maximum absolute atomic E-state index is 13.0. The van der Waals surface area contributed by atoms with Gasteiger partial charge in [-0.1, -0.05) is 0 Å². The summed E-state index contributed by atoms with van der Waals surface area (Å²) in [5, 5.41) is 17.0. The third-order valence-corrected chi connectivity index (χ3v) is 5.45. The van der Waals surface area contributed by atoms with Gasteiger partial charge in [-0.3, -0.25) is 19.7 Å². The van der Waals surface area contributed by atoms with Gasteiger partial charge < -0.3 is 10.2 Å². The molecule has 0 saturated heterocycles. The number of carbonyl (C=O) groups excluding carboxylic acids is 2. The van der Waals surface area contributed by atoms with Crippen LogP contribution in [0.15, 0.2) is 63.6 Å². The number of carbonyl (C=O) groups is 2. The molecule has 0 aliphatic carbocycles. The van der Waals surface area contributed by atoms with Gasteiger partial charge in [0.25, 0.3) is 11.6 Å². The van der Waals surface area contributed by atoms with E-state index in [4.69, 9.17) is 10.2 Å². The fourth-order valence-electron chi connectivity index (χ4n) is 3.49. The van der Waals surface area contributed by atoms with E-state index in [0.29, 0.717) is 39.6 Å². The molecule has 2 N–H and O–H groups in total. The summed E-state index contributed by atoms with van der Waals surface area (Å²) in [6, 6.07) is 12.7. The smallest absolute Gasteiger partial charge is 0.280 e. The van der Waals surface area contributed by atoms with E-state index in [-0.39, 0.29) is 11.6 Å². The molecule has 1 aliphatic heterocycles. The number of nitrogens with zero attached hydrogens (tertiary/aromatic N) is 3. The largest absolute Gasteiger partial charge is 0.456 e. The third-order valence-electron chi connectivity index (χ3n) is 5.45. The van der Waals surface area contributed by atoms with Crippen LogP contribution in [0.1, 0.15) is 34.2 Å². The van der Waals surface area contributed by atoms with E-state index in [1.165, 1.54) is 23.2 Å². The molecule has 9 nitrogen and oxygen atoms in total. The van der Waals surface area contributed by atoms with Crippen molar-refractivity contribution in [3.8, 4) is 11.3 Å². The predicted molar refractivity (Wildman–Crippen MR) is 124 cm³/mol. The van der Waals surface area contributed by atoms with Gasteiger partial charge in [0.05, 0.1) is 27.5 Å². The summed E-state index contributed by atoms with van der Waals surface area (Å²) in [6.45, 7) is 5.38. The molecule has 166 valence electrons. The molecule has 4 rings (SSSR count). The second-order valence-electron chi connectivity index (χ2n) is 7.68. The Labute approximate surface area is 189 Å². The normalized spacial score (nSPS) is 14.6. The van der Waals surface area contributed by atoms with E-state index < -0.39 is 10.8 Å². The van der Waals surface area contributed by atoms with Gasteiger partial charge in [-0.15, -0.1) is 0 Å². The zero-order valence-electron chi connectivity index (χ0n) is 18.2. The van der Waals surface area contributed by atoms with Crippen molar-refractivity contribution in [2.45, 2.75) is 20.8 Å². The van der Waals surface area contributed by atoms with Gasteiger partial charge in [0.15, 0.2) is 0 Å². The van der Waals surface area contributed by atoms with Crippen molar-refractivity contribution in [2.75, 3.05) is 5.01 Å². The highest BCUT2D eigenvalue weighted by Gasteiger charge is 2.29. The Kier molecular flexibility index (Phi) is 5.39. The Bertz CT molecular complexity index is 1370. The number of hydrazone groups is 1. The summed E-state index contributed by atoms with van der Waals surface area (Å²) >= 11 is 0. The van der Waals surface area contributed by atoms with E-state index in [1.54, 1.807) is 43.3 Å². The molecule has 2 heterocycles. The Morgan fingerprint density at radius 3 is 2.39 bits per heavy atom. The summed E-state index contributed by atoms with van der Waals surface area (Å²) in [5.74, 6) is -0.237. The number of anilines is 1. The molecule has 9 heteroatoms. The number of nitro groups is 1. The van der Waals surface area contributed by atoms with Crippen LogP contribution in [-0.2, 0) is 4.79 Å². The molecule has 0 atom stereocenters. The summed E-state index contributed by atoms with van der Waals surface area (Å²) in [5.41, 5.74) is 8.90. The van der Waals surface area contributed by atoms with Crippen molar-refractivity contribution in [3.63, 3.8) is 0 Å². The van der Waals surface area contributed by atoms with Gasteiger partial charge >= 0.3 is 0 Å². The highest BCUT2D eigenvalue weighted by molar-refractivity contribution is 6.32. The van der Waals surface area contributed by atoms with Gasteiger partial charge in [-0.05, 0) is 80.4 Å². The number of rotatable bonds is 5. The molecule has 33 heavy (non-hydrogen) atoms. The summed E-state index contributed by atoms with van der Waals surface area (Å²) in [7, 11) is 0. The van der Waals surface area contributed by atoms with Crippen LogP contribution in [0, 0.1) is 24.0 Å². The zero-order chi connectivity index (χ0) is 23.9. The number of aryl methyl sites for hydroxylation is 2. The van der Waals surface area contributed by atoms with Crippen molar-refractivity contribution in [1.82, 2.24) is 0 Å². The number of nitrogens with two attached hydrogens (primary N) is 1. The monoisotopic (exact) mass is 444 g/mol. The highest BCUT2D eigenvalue weighted by atomic mass is 16.6. The predicted octanol–water partition coefficient (Wildman–Crippen LogP) is 4.38. The number of furan rings is 1. The van der Waals surface area contributed by atoms with Gasteiger partial charge in [0.1, 0.15) is 11.5 Å². The Morgan fingerprint density at radius 1 is 1.09 bits per heavy atom. The molecule has 0 fully saturated rings. The first-order valence-electron chi connectivity index (χ1n) is 10.0. The lowest BCUT2D eigenvalue weighted by Crippen LogP contribution is -2.21. The number of nitro benzene ring substituents is 1. The Balaban J connectivity index is 1.65. The maximum atomic E-state index is 13.0. The van der Waals surface area contributed by atoms with Crippen molar-refractivity contribution in [2.24, 2.45) is 10.8 Å². The number of hydrogen-bond acceptors (Lipinski definition) is 6. The van der Waals surface area contributed by atoms with Crippen LogP contribution < -0.4 is 10.7 Å². The fourth-order valence-corrected chi connectivity index (χ4v) is 3.49. The molecule has 2 aromatic carbocycles. The molecular formula is C24H20N4O5. The van der Waals surface area contributed by atoms with E-state index >= 15 is 0 Å². The van der Waals surface area contributed by atoms with Crippen LogP contribution in [0.25, 0.3) is 17.4 Å². The van der Waals surface area contributed by atoms with Crippen LogP contribution in [0.5, 0.6) is 0 Å². The van der Waals surface area contributed by atoms with Crippen LogP contribution in [0.2, 0.25) is 0 Å². The van der Waals surface area contributed by atoms with Crippen LogP contribution in [0.4, 0.5) is 11.4 Å². The number of hydrogen-bond donors (Lipinski definition) is 1. The topological polar surface area (TPSA) is 132 Å². The Morgan fingerprint density at radius 2 is 1.76 bits per heavy atom. The van der Waals surface area contributed by atoms with Gasteiger partial charge in [0.2, 0.25) is 5.91 Å². The standard InChI is InChI=1S/C24H20N4O5/c1-13-10-20(21(28(31)32)11-14(13)2)22-9-8-18(33-22)12-19-15(3)26-27(24(19)30)17-6-4-16(5-7-17)23(25)29/h4-12H,1-3H3,(H2,25,29)/b19-12-. The molecule has 3 aromatic rings. The summed E-state index contributed by atoms with van der Waals surface area (Å²) in [6.07, 6.45) is 1.55. The molecule has 0 radical (unpaired) electrons. The Hall–Kier alpha value is -4.53. The van der Waals surface area contributed by atoms with Crippen molar-refractivity contribution < 1.29 is 18.9 Å². The minimum atomic E-state index is -0.563. The number of amides is 2. The number of benzene rings is 2. The average molecular weight is 444 g/mol. The van der Waals surface area contributed by atoms with Gasteiger partial charge in [-0.25, -0.2) is 0 Å². The molecular weight excluding hydrogens is 424 g/mol. The summed E-state index contributed by atoms with van der Waals surface area (Å²) in [4.78, 5) is 35.3. The molecule has 1 aromatic heterocycles. The molecule has 0 unspecified atom stereocenters. The highest BCUT2D eigenvalue weighted by Crippen LogP contribution is 2.34. The minimum absolute atomic E-state index is 0.0491. The van der Waals surface area contributed by atoms with E-state index in [1.807, 2.05) is 13.8 Å². The van der Waals surface area contributed by atoms with Crippen LogP contribution >= 0.6 is 0 Å². The lowest BCUT2D eigenvalue weighted by Gasteiger charge is -2.11. The average Bonchev–Trinajstić information content (AvgIpc) is 3.35. The zero-order valence-corrected chi connectivity index (χ0v) is 18.2. The second kappa shape index (κ2) is 8.19. The fraction of sp³-hybridized carbons (Fsp3) is 0.125. The minimum Gasteiger partial charge on any atom is -0.456 e. The van der Waals surface area contributed by atoms with Crippen LogP contribution in [-0.4, -0.2) is 22.4 Å². The quantitative estimate of drug-likeness (QED) is 0.354. The van der Waals surface area contributed by atoms with Gasteiger partial charge in [-0.2, -0.15) is 10.1 Å². The molecule has 2 amide bonds. The lowest BCUT2D eigenvalue weighted by atomic mass is 10.0. The van der Waals surface area contributed by atoms with Crippen LogP contribution in [0.3, 0.4) is 0 Å². The molecule has 0 spiro atoms. The van der Waals surface area contributed by atoms with E-state index in [9.17, 15) is 19.7 Å². The van der Waals surface area contributed by atoms with E-state index in [2.05, 4.69) is 5.10 Å². The molecule has 0 bridgehead atoms. The second-order valence-corrected chi connectivity index (χ2v) is 7.68. The van der Waals surface area contributed by atoms with E-state index in [0.717, 1.165) is 11.1 Å². The van der Waals surface area contributed by atoms with Gasteiger partial charge in [0, 0.05) is 11.6 Å². The SMILES string of the molecule is CC1=NN(c2ccc(C(N)=O)cc2)C(=O)/C1=C\c1ccc(-c2cc(C)c(C)cc2[N+](=O)[O-])o1. The first kappa shape index (κ1) is 21.7. The molecule has 1 aliphatic rings. The van der Waals surface area contributed by atoms with Crippen molar-refractivity contribution >= 4 is 35.0 Å². The van der Waals surface area contributed by atoms with Crippen molar-refractivity contribution in [1.29, 1.82) is 0 Å². The lowest BCUT2D eigenvalue weighted by molar-refractivity contribution is -0.384. The third kappa shape index (κ3) is 4.03. The van der Waals surface area contributed by atoms with Crippen molar-refractivity contribution in [3.05, 3.63) is 86.7 Å². The number of primary amides is 1. The molecule has 0 saturated carbocycles. The first-order chi connectivity index (χ1) is 15.7. The summed E-state index contributed by atoms with van der Waals surface area (Å²) < 4.78 is 5.84.